The number of nitrogens with one attached hydrogen (secondary N) is 2. The molecule has 0 aromatic carbocycles. The van der Waals surface area contributed by atoms with E-state index in [2.05, 4.69) is 22.5 Å². The predicted octanol–water partition coefficient (Wildman–Crippen LogP) is 0.925. The van der Waals surface area contributed by atoms with E-state index >= 15 is 0 Å². The molecule has 3 fully saturated rings. The molecule has 0 unspecified atom stereocenters. The lowest BCUT2D eigenvalue weighted by molar-refractivity contribution is -0.134. The minimum absolute atomic E-state index is 0.0274. The molecule has 0 radical (unpaired) electrons. The van der Waals surface area contributed by atoms with E-state index in [1.54, 1.807) is 0 Å². The van der Waals surface area contributed by atoms with Crippen LogP contribution in [0.2, 0.25) is 0 Å². The Kier molecular flexibility index (Phi) is 4.68. The zero-order chi connectivity index (χ0) is 15.6. The second-order valence-electron chi connectivity index (χ2n) is 6.86. The Hall–Kier alpha value is -1.14. The Bertz CT molecular complexity index is 426. The molecule has 6 heteroatoms. The lowest BCUT2D eigenvalue weighted by atomic mass is 9.87. The fraction of sp³-hybridized carbons (Fsp3) is 0.875. The van der Waals surface area contributed by atoms with E-state index in [0.717, 1.165) is 58.4 Å². The molecule has 124 valence electrons. The summed E-state index contributed by atoms with van der Waals surface area (Å²) in [5.74, 6) is 0.0274. The van der Waals surface area contributed by atoms with Crippen molar-refractivity contribution in [2.45, 2.75) is 57.0 Å². The summed E-state index contributed by atoms with van der Waals surface area (Å²) < 4.78 is 0. The second-order valence-corrected chi connectivity index (χ2v) is 6.86. The molecule has 0 bridgehead atoms. The van der Waals surface area contributed by atoms with Crippen LogP contribution in [0, 0.1) is 0 Å². The summed E-state index contributed by atoms with van der Waals surface area (Å²) in [5, 5.41) is 6.32. The molecule has 3 heterocycles. The molecule has 3 aliphatic heterocycles. The maximum absolute atomic E-state index is 12.9. The zero-order valence-electron chi connectivity index (χ0n) is 13.6. The highest BCUT2D eigenvalue weighted by molar-refractivity contribution is 6.07. The van der Waals surface area contributed by atoms with E-state index in [4.69, 9.17) is 0 Å². The SMILES string of the molecule is CCCCN1CCC2(CC1)NC(=O)N(C1CCNCC1)C2=O. The predicted molar refractivity (Wildman–Crippen MR) is 84.6 cm³/mol. The van der Waals surface area contributed by atoms with Crippen LogP contribution in [0.5, 0.6) is 0 Å². The van der Waals surface area contributed by atoms with Crippen molar-refractivity contribution in [3.63, 3.8) is 0 Å². The summed E-state index contributed by atoms with van der Waals surface area (Å²) in [4.78, 5) is 29.2. The number of rotatable bonds is 4. The van der Waals surface area contributed by atoms with Crippen molar-refractivity contribution in [1.29, 1.82) is 0 Å². The third-order valence-corrected chi connectivity index (χ3v) is 5.40. The van der Waals surface area contributed by atoms with Gasteiger partial charge in [0, 0.05) is 19.1 Å². The van der Waals surface area contributed by atoms with Gasteiger partial charge in [-0.05, 0) is 51.7 Å². The van der Waals surface area contributed by atoms with Crippen LogP contribution in [-0.4, -0.2) is 66.0 Å². The summed E-state index contributed by atoms with van der Waals surface area (Å²) in [6, 6.07) is -0.0924. The normalized spacial score (nSPS) is 26.7. The number of hydrogen-bond donors (Lipinski definition) is 2. The van der Waals surface area contributed by atoms with E-state index in [1.165, 1.54) is 17.7 Å². The van der Waals surface area contributed by atoms with Gasteiger partial charge in [-0.15, -0.1) is 0 Å². The van der Waals surface area contributed by atoms with Gasteiger partial charge in [-0.2, -0.15) is 0 Å². The fourth-order valence-electron chi connectivity index (χ4n) is 3.92. The third kappa shape index (κ3) is 2.86. The van der Waals surface area contributed by atoms with Gasteiger partial charge in [-0.25, -0.2) is 4.79 Å². The van der Waals surface area contributed by atoms with E-state index in [1.807, 2.05) is 0 Å². The van der Waals surface area contributed by atoms with Crippen molar-refractivity contribution in [1.82, 2.24) is 20.4 Å². The molecule has 22 heavy (non-hydrogen) atoms. The Labute approximate surface area is 132 Å². The number of piperidine rings is 2. The van der Waals surface area contributed by atoms with Crippen molar-refractivity contribution in [2.75, 3.05) is 32.7 Å². The number of imide groups is 1. The molecule has 1 spiro atoms. The van der Waals surface area contributed by atoms with E-state index in [-0.39, 0.29) is 18.0 Å². The summed E-state index contributed by atoms with van der Waals surface area (Å²) in [5.41, 5.74) is -0.620. The molecule has 6 nitrogen and oxygen atoms in total. The van der Waals surface area contributed by atoms with Crippen molar-refractivity contribution < 1.29 is 9.59 Å². The number of carbonyl (C=O) groups excluding carboxylic acids is 2. The topological polar surface area (TPSA) is 64.7 Å². The Morgan fingerprint density at radius 2 is 1.86 bits per heavy atom. The maximum Gasteiger partial charge on any atom is 0.325 e. The molecular weight excluding hydrogens is 280 g/mol. The molecule has 2 N–H and O–H groups in total. The first kappa shape index (κ1) is 15.7. The average molecular weight is 308 g/mol. The number of hydrogen-bond acceptors (Lipinski definition) is 4. The summed E-state index contributed by atoms with van der Waals surface area (Å²) >= 11 is 0. The monoisotopic (exact) mass is 308 g/mol. The van der Waals surface area contributed by atoms with Gasteiger partial charge in [0.05, 0.1) is 0 Å². The molecule has 3 rings (SSSR count). The molecular formula is C16H28N4O2. The Balaban J connectivity index is 1.63. The van der Waals surface area contributed by atoms with Crippen LogP contribution in [0.4, 0.5) is 4.79 Å². The highest BCUT2D eigenvalue weighted by atomic mass is 16.2. The van der Waals surface area contributed by atoms with Crippen LogP contribution in [0.15, 0.2) is 0 Å². The van der Waals surface area contributed by atoms with Gasteiger partial charge in [0.1, 0.15) is 5.54 Å². The molecule has 0 aromatic heterocycles. The zero-order valence-corrected chi connectivity index (χ0v) is 13.6. The fourth-order valence-corrected chi connectivity index (χ4v) is 3.92. The van der Waals surface area contributed by atoms with Crippen LogP contribution in [0.1, 0.15) is 45.4 Å². The molecule has 0 atom stereocenters. The van der Waals surface area contributed by atoms with Gasteiger partial charge in [-0.3, -0.25) is 9.69 Å². The van der Waals surface area contributed by atoms with E-state index < -0.39 is 5.54 Å². The number of unbranched alkanes of at least 4 members (excludes halogenated alkanes) is 1. The molecule has 3 saturated heterocycles. The lowest BCUT2D eigenvalue weighted by Crippen LogP contribution is -2.55. The highest BCUT2D eigenvalue weighted by Gasteiger charge is 2.53. The van der Waals surface area contributed by atoms with Gasteiger partial charge in [0.15, 0.2) is 0 Å². The van der Waals surface area contributed by atoms with Gasteiger partial charge < -0.3 is 15.5 Å². The molecule has 0 aliphatic carbocycles. The first-order chi connectivity index (χ1) is 10.7. The van der Waals surface area contributed by atoms with E-state index in [0.29, 0.717) is 0 Å². The smallest absolute Gasteiger partial charge is 0.323 e. The molecule has 0 saturated carbocycles. The second kappa shape index (κ2) is 6.54. The van der Waals surface area contributed by atoms with Gasteiger partial charge in [-0.1, -0.05) is 13.3 Å². The summed E-state index contributed by atoms with van der Waals surface area (Å²) in [6.45, 7) is 6.90. The Morgan fingerprint density at radius 3 is 2.50 bits per heavy atom. The Morgan fingerprint density at radius 1 is 1.18 bits per heavy atom. The first-order valence-corrected chi connectivity index (χ1v) is 8.75. The van der Waals surface area contributed by atoms with Crippen LogP contribution >= 0.6 is 0 Å². The van der Waals surface area contributed by atoms with Gasteiger partial charge in [0.2, 0.25) is 0 Å². The standard InChI is InChI=1S/C16H28N4O2/c1-2-3-10-19-11-6-16(7-12-19)14(21)20(15(22)18-16)13-4-8-17-9-5-13/h13,17H,2-12H2,1H3,(H,18,22). The molecule has 3 aliphatic rings. The largest absolute Gasteiger partial charge is 0.325 e. The van der Waals surface area contributed by atoms with Gasteiger partial charge in [0.25, 0.3) is 5.91 Å². The van der Waals surface area contributed by atoms with Crippen LogP contribution in [0.3, 0.4) is 0 Å². The minimum Gasteiger partial charge on any atom is -0.323 e. The van der Waals surface area contributed by atoms with Crippen LogP contribution < -0.4 is 10.6 Å². The number of likely N-dealkylation sites (tertiary alicyclic amines) is 1. The van der Waals surface area contributed by atoms with Crippen molar-refractivity contribution in [3.8, 4) is 0 Å². The average Bonchev–Trinajstić information content (AvgIpc) is 2.78. The quantitative estimate of drug-likeness (QED) is 0.758. The summed E-state index contributed by atoms with van der Waals surface area (Å²) in [7, 11) is 0. The number of urea groups is 1. The highest BCUT2D eigenvalue weighted by Crippen LogP contribution is 2.32. The molecule has 0 aromatic rings. The number of amides is 3. The van der Waals surface area contributed by atoms with E-state index in [9.17, 15) is 9.59 Å². The van der Waals surface area contributed by atoms with Crippen molar-refractivity contribution >= 4 is 11.9 Å². The minimum atomic E-state index is -0.620. The van der Waals surface area contributed by atoms with Crippen molar-refractivity contribution in [2.24, 2.45) is 0 Å². The lowest BCUT2D eigenvalue weighted by Gasteiger charge is -2.38. The first-order valence-electron chi connectivity index (χ1n) is 8.75. The van der Waals surface area contributed by atoms with Crippen LogP contribution in [0.25, 0.3) is 0 Å². The maximum atomic E-state index is 12.9. The molecule has 3 amide bonds. The number of carbonyl (C=O) groups is 2. The van der Waals surface area contributed by atoms with Gasteiger partial charge >= 0.3 is 6.03 Å². The van der Waals surface area contributed by atoms with Crippen molar-refractivity contribution in [3.05, 3.63) is 0 Å². The van der Waals surface area contributed by atoms with Crippen LogP contribution in [-0.2, 0) is 4.79 Å². The number of nitrogens with zero attached hydrogens (tertiary/aromatic N) is 2. The summed E-state index contributed by atoms with van der Waals surface area (Å²) in [6.07, 6.45) is 5.65. The third-order valence-electron chi connectivity index (χ3n) is 5.40.